The minimum Gasteiger partial charge on any atom is -0.365 e. The van der Waals surface area contributed by atoms with Gasteiger partial charge in [0.15, 0.2) is 0 Å². The molecule has 0 atom stereocenters. The molecule has 2 heterocycles. The fourth-order valence-corrected chi connectivity index (χ4v) is 1.68. The Morgan fingerprint density at radius 1 is 1.39 bits per heavy atom. The number of nitrogens with zero attached hydrogens (tertiary/aromatic N) is 4. The fourth-order valence-electron chi connectivity index (χ4n) is 1.68. The van der Waals surface area contributed by atoms with Crippen molar-refractivity contribution in [1.82, 2.24) is 14.8 Å². The van der Waals surface area contributed by atoms with Gasteiger partial charge in [-0.25, -0.2) is 4.98 Å². The normalized spacial score (nSPS) is 10.1. The van der Waals surface area contributed by atoms with E-state index in [-0.39, 0.29) is 0 Å². The highest BCUT2D eigenvalue weighted by Crippen LogP contribution is 2.14. The molecule has 2 aromatic rings. The Morgan fingerprint density at radius 2 is 2.17 bits per heavy atom. The number of aryl methyl sites for hydroxylation is 2. The molecule has 18 heavy (non-hydrogen) atoms. The Morgan fingerprint density at radius 3 is 2.78 bits per heavy atom. The molecule has 0 aliphatic carbocycles. The zero-order valence-corrected chi connectivity index (χ0v) is 10.7. The Bertz CT molecular complexity index is 606. The minimum absolute atomic E-state index is 0.558. The third-order valence-corrected chi connectivity index (χ3v) is 2.94. The van der Waals surface area contributed by atoms with Gasteiger partial charge < -0.3 is 5.32 Å². The van der Waals surface area contributed by atoms with E-state index >= 15 is 0 Å². The number of nitrogens with one attached hydrogen (secondary N) is 1. The van der Waals surface area contributed by atoms with Gasteiger partial charge in [-0.1, -0.05) is 0 Å². The summed E-state index contributed by atoms with van der Waals surface area (Å²) >= 11 is 0. The number of hydrogen-bond acceptors (Lipinski definition) is 4. The first kappa shape index (κ1) is 12.1. The second kappa shape index (κ2) is 4.88. The molecule has 0 fully saturated rings. The summed E-state index contributed by atoms with van der Waals surface area (Å²) in [6, 6.07) is 5.74. The monoisotopic (exact) mass is 241 g/mol. The lowest BCUT2D eigenvalue weighted by Gasteiger charge is -2.07. The van der Waals surface area contributed by atoms with Gasteiger partial charge in [0.05, 0.1) is 11.8 Å². The van der Waals surface area contributed by atoms with E-state index < -0.39 is 0 Å². The maximum atomic E-state index is 9.02. The van der Waals surface area contributed by atoms with Crippen LogP contribution in [0.5, 0.6) is 0 Å². The average molecular weight is 241 g/mol. The molecule has 0 unspecified atom stereocenters. The van der Waals surface area contributed by atoms with Crippen LogP contribution in [0.3, 0.4) is 0 Å². The predicted molar refractivity (Wildman–Crippen MR) is 69.0 cm³/mol. The van der Waals surface area contributed by atoms with Gasteiger partial charge in [-0.3, -0.25) is 4.68 Å². The second-order valence-electron chi connectivity index (χ2n) is 4.19. The van der Waals surface area contributed by atoms with Gasteiger partial charge in [0.1, 0.15) is 11.9 Å². The van der Waals surface area contributed by atoms with Crippen LogP contribution in [0, 0.1) is 25.2 Å². The van der Waals surface area contributed by atoms with Gasteiger partial charge in [-0.15, -0.1) is 0 Å². The van der Waals surface area contributed by atoms with Crippen LogP contribution < -0.4 is 5.32 Å². The van der Waals surface area contributed by atoms with E-state index in [0.717, 1.165) is 17.0 Å². The SMILES string of the molecule is Cc1ccc(C#N)c(NCc2cnn(C)c2C)n1. The standard InChI is InChI=1S/C13H15N5/c1-9-4-5-11(6-14)13(17-9)15-7-12-8-16-18(3)10(12)2/h4-5,8H,7H2,1-3H3,(H,15,17). The Hall–Kier alpha value is -2.35. The van der Waals surface area contributed by atoms with Gasteiger partial charge in [-0.2, -0.15) is 10.4 Å². The first-order valence-electron chi connectivity index (χ1n) is 5.71. The summed E-state index contributed by atoms with van der Waals surface area (Å²) in [5, 5.41) is 16.4. The topological polar surface area (TPSA) is 66.5 Å². The third-order valence-electron chi connectivity index (χ3n) is 2.94. The van der Waals surface area contributed by atoms with E-state index in [1.807, 2.05) is 37.8 Å². The molecule has 0 saturated heterocycles. The zero-order valence-electron chi connectivity index (χ0n) is 10.7. The summed E-state index contributed by atoms with van der Waals surface area (Å²) in [6.45, 7) is 4.53. The quantitative estimate of drug-likeness (QED) is 0.891. The van der Waals surface area contributed by atoms with E-state index in [9.17, 15) is 0 Å². The number of anilines is 1. The van der Waals surface area contributed by atoms with E-state index in [0.29, 0.717) is 17.9 Å². The van der Waals surface area contributed by atoms with Crippen LogP contribution in [0.25, 0.3) is 0 Å². The molecule has 0 amide bonds. The predicted octanol–water partition coefficient (Wildman–Crippen LogP) is 1.92. The van der Waals surface area contributed by atoms with Crippen molar-refractivity contribution < 1.29 is 0 Å². The molecule has 5 heteroatoms. The van der Waals surface area contributed by atoms with Crippen LogP contribution in [0.1, 0.15) is 22.5 Å². The molecular weight excluding hydrogens is 226 g/mol. The Kier molecular flexibility index (Phi) is 3.28. The van der Waals surface area contributed by atoms with Crippen LogP contribution in [0.4, 0.5) is 5.82 Å². The van der Waals surface area contributed by atoms with Gasteiger partial charge in [0.25, 0.3) is 0 Å². The largest absolute Gasteiger partial charge is 0.365 e. The molecule has 0 aliphatic rings. The van der Waals surface area contributed by atoms with Gasteiger partial charge in [0.2, 0.25) is 0 Å². The molecule has 92 valence electrons. The minimum atomic E-state index is 0.558. The van der Waals surface area contributed by atoms with Crippen molar-refractivity contribution in [1.29, 1.82) is 5.26 Å². The molecule has 0 radical (unpaired) electrons. The van der Waals surface area contributed by atoms with Crippen molar-refractivity contribution in [3.8, 4) is 6.07 Å². The zero-order chi connectivity index (χ0) is 13.1. The van der Waals surface area contributed by atoms with E-state index in [2.05, 4.69) is 21.5 Å². The maximum Gasteiger partial charge on any atom is 0.144 e. The van der Waals surface area contributed by atoms with Crippen LogP contribution in [0.15, 0.2) is 18.3 Å². The molecule has 0 saturated carbocycles. The van der Waals surface area contributed by atoms with Crippen molar-refractivity contribution in [3.63, 3.8) is 0 Å². The molecule has 0 spiro atoms. The number of aromatic nitrogens is 3. The van der Waals surface area contributed by atoms with E-state index in [1.165, 1.54) is 0 Å². The number of hydrogen-bond donors (Lipinski definition) is 1. The number of rotatable bonds is 3. The Balaban J connectivity index is 2.18. The van der Waals surface area contributed by atoms with Crippen molar-refractivity contribution in [2.24, 2.45) is 7.05 Å². The highest BCUT2D eigenvalue weighted by atomic mass is 15.3. The van der Waals surface area contributed by atoms with Crippen molar-refractivity contribution in [2.45, 2.75) is 20.4 Å². The van der Waals surface area contributed by atoms with Gasteiger partial charge in [-0.05, 0) is 26.0 Å². The first-order valence-corrected chi connectivity index (χ1v) is 5.71. The maximum absolute atomic E-state index is 9.02. The molecule has 2 rings (SSSR count). The second-order valence-corrected chi connectivity index (χ2v) is 4.19. The average Bonchev–Trinajstić information content (AvgIpc) is 2.68. The lowest BCUT2D eigenvalue weighted by molar-refractivity contribution is 0.738. The van der Waals surface area contributed by atoms with Crippen LogP contribution in [-0.4, -0.2) is 14.8 Å². The molecule has 5 nitrogen and oxygen atoms in total. The Labute approximate surface area is 106 Å². The molecular formula is C13H15N5. The summed E-state index contributed by atoms with van der Waals surface area (Å²) in [6.07, 6.45) is 1.82. The number of nitriles is 1. The molecule has 0 aliphatic heterocycles. The van der Waals surface area contributed by atoms with Crippen LogP contribution >= 0.6 is 0 Å². The summed E-state index contributed by atoms with van der Waals surface area (Å²) in [5.74, 6) is 0.626. The third kappa shape index (κ3) is 2.33. The smallest absolute Gasteiger partial charge is 0.144 e. The molecule has 0 aromatic carbocycles. The molecule has 2 aromatic heterocycles. The van der Waals surface area contributed by atoms with Crippen molar-refractivity contribution >= 4 is 5.82 Å². The lowest BCUT2D eigenvalue weighted by Crippen LogP contribution is -2.05. The lowest BCUT2D eigenvalue weighted by atomic mass is 10.2. The molecule has 1 N–H and O–H groups in total. The summed E-state index contributed by atoms with van der Waals surface area (Å²) in [4.78, 5) is 4.33. The highest BCUT2D eigenvalue weighted by Gasteiger charge is 2.07. The van der Waals surface area contributed by atoms with Crippen molar-refractivity contribution in [2.75, 3.05) is 5.32 Å². The van der Waals surface area contributed by atoms with Crippen LogP contribution in [-0.2, 0) is 13.6 Å². The highest BCUT2D eigenvalue weighted by molar-refractivity contribution is 5.52. The van der Waals surface area contributed by atoms with E-state index in [1.54, 1.807) is 6.07 Å². The van der Waals surface area contributed by atoms with Gasteiger partial charge in [0, 0.05) is 30.5 Å². The van der Waals surface area contributed by atoms with E-state index in [4.69, 9.17) is 5.26 Å². The summed E-state index contributed by atoms with van der Waals surface area (Å²) in [5.41, 5.74) is 3.65. The first-order chi connectivity index (χ1) is 8.61. The number of pyridine rings is 1. The van der Waals surface area contributed by atoms with Crippen molar-refractivity contribution in [3.05, 3.63) is 40.8 Å². The van der Waals surface area contributed by atoms with Gasteiger partial charge >= 0.3 is 0 Å². The summed E-state index contributed by atoms with van der Waals surface area (Å²) < 4.78 is 1.83. The summed E-state index contributed by atoms with van der Waals surface area (Å²) in [7, 11) is 1.91. The van der Waals surface area contributed by atoms with Crippen LogP contribution in [0.2, 0.25) is 0 Å². The fraction of sp³-hybridized carbons (Fsp3) is 0.308. The molecule has 0 bridgehead atoms.